The molecule has 9 nitrogen and oxygen atoms in total. The molecule has 0 saturated heterocycles. The van der Waals surface area contributed by atoms with Crippen LogP contribution >= 0.6 is 0 Å². The van der Waals surface area contributed by atoms with Crippen molar-refractivity contribution in [2.45, 2.75) is 26.4 Å². The summed E-state index contributed by atoms with van der Waals surface area (Å²) < 4.78 is 6.57. The van der Waals surface area contributed by atoms with Crippen molar-refractivity contribution in [1.29, 1.82) is 0 Å². The highest BCUT2D eigenvalue weighted by molar-refractivity contribution is 5.96. The summed E-state index contributed by atoms with van der Waals surface area (Å²) in [4.78, 5) is 41.3. The molecule has 0 aliphatic carbocycles. The van der Waals surface area contributed by atoms with Gasteiger partial charge >= 0.3 is 5.69 Å². The largest absolute Gasteiger partial charge is 0.468 e. The van der Waals surface area contributed by atoms with Crippen LogP contribution in [-0.2, 0) is 11.3 Å². The molecule has 158 valence electrons. The monoisotopic (exact) mass is 411 g/mol. The van der Waals surface area contributed by atoms with E-state index in [1.54, 1.807) is 19.3 Å². The number of carbonyl (C=O) groups excluding carboxylic acids is 1. The number of nitrogens with one attached hydrogen (secondary N) is 2. The molecule has 3 aromatic rings. The molecule has 3 rings (SSSR count). The molecule has 9 heteroatoms. The third-order valence-corrected chi connectivity index (χ3v) is 4.81. The summed E-state index contributed by atoms with van der Waals surface area (Å²) in [6.07, 6.45) is 1.56. The summed E-state index contributed by atoms with van der Waals surface area (Å²) in [5.74, 6) is 0.291. The number of hydrogen-bond donors (Lipinski definition) is 3. The number of H-pyrrole nitrogens is 1. The molecule has 2 heterocycles. The van der Waals surface area contributed by atoms with E-state index in [2.05, 4.69) is 10.3 Å². The van der Waals surface area contributed by atoms with Gasteiger partial charge in [0.15, 0.2) is 5.69 Å². The predicted molar refractivity (Wildman–Crippen MR) is 114 cm³/mol. The summed E-state index contributed by atoms with van der Waals surface area (Å²) in [6.45, 7) is 3.96. The molecular weight excluding hydrogens is 386 g/mol. The average molecular weight is 411 g/mol. The van der Waals surface area contributed by atoms with E-state index in [-0.39, 0.29) is 43.1 Å². The van der Waals surface area contributed by atoms with Crippen LogP contribution in [0.25, 0.3) is 0 Å². The van der Waals surface area contributed by atoms with Gasteiger partial charge in [0.2, 0.25) is 5.91 Å². The Kier molecular flexibility index (Phi) is 6.53. The van der Waals surface area contributed by atoms with E-state index in [1.165, 1.54) is 9.47 Å². The van der Waals surface area contributed by atoms with E-state index in [1.807, 2.05) is 43.3 Å². The molecule has 0 radical (unpaired) electrons. The molecule has 0 aliphatic heterocycles. The summed E-state index contributed by atoms with van der Waals surface area (Å²) in [6, 6.07) is 12.6. The first-order valence-electron chi connectivity index (χ1n) is 9.66. The van der Waals surface area contributed by atoms with Crippen molar-refractivity contribution in [3.63, 3.8) is 0 Å². The lowest BCUT2D eigenvalue weighted by atomic mass is 10.2. The molecule has 0 aliphatic rings. The van der Waals surface area contributed by atoms with Gasteiger partial charge in [0.1, 0.15) is 11.6 Å². The highest BCUT2D eigenvalue weighted by Crippen LogP contribution is 2.18. The number of nitrogen functional groups attached to an aromatic ring is 1. The Balaban J connectivity index is 1.86. The van der Waals surface area contributed by atoms with E-state index in [4.69, 9.17) is 10.2 Å². The number of furan rings is 1. The fraction of sp³-hybridized carbons (Fsp3) is 0.286. The van der Waals surface area contributed by atoms with Gasteiger partial charge in [0.05, 0.1) is 25.4 Å². The van der Waals surface area contributed by atoms with Crippen LogP contribution in [0.15, 0.2) is 62.7 Å². The molecule has 0 fully saturated rings. The first-order valence-corrected chi connectivity index (χ1v) is 9.66. The minimum Gasteiger partial charge on any atom is -0.468 e. The van der Waals surface area contributed by atoms with Gasteiger partial charge in [-0.3, -0.25) is 24.5 Å². The quantitative estimate of drug-likeness (QED) is 0.515. The number of nitrogens with two attached hydrogens (primary N) is 1. The molecular formula is C21H25N5O4. The number of nitrogens with zero attached hydrogens (tertiary/aromatic N) is 2. The molecule has 4 N–H and O–H groups in total. The number of hydrogen-bond acceptors (Lipinski definition) is 6. The summed E-state index contributed by atoms with van der Waals surface area (Å²) in [5, 5.41) is 3.07. The predicted octanol–water partition coefficient (Wildman–Crippen LogP) is 1.46. The molecule has 30 heavy (non-hydrogen) atoms. The lowest BCUT2D eigenvalue weighted by Crippen LogP contribution is -2.44. The number of amides is 1. The second kappa shape index (κ2) is 9.27. The fourth-order valence-electron chi connectivity index (χ4n) is 3.19. The van der Waals surface area contributed by atoms with E-state index in [0.717, 1.165) is 5.56 Å². The van der Waals surface area contributed by atoms with E-state index < -0.39 is 11.2 Å². The van der Waals surface area contributed by atoms with Crippen LogP contribution < -0.4 is 27.2 Å². The van der Waals surface area contributed by atoms with Crippen LogP contribution in [0.2, 0.25) is 0 Å². The zero-order valence-electron chi connectivity index (χ0n) is 16.9. The molecule has 0 unspecified atom stereocenters. The van der Waals surface area contributed by atoms with Gasteiger partial charge in [-0.2, -0.15) is 0 Å². The highest BCUT2D eigenvalue weighted by Gasteiger charge is 2.23. The Morgan fingerprint density at radius 1 is 1.23 bits per heavy atom. The average Bonchev–Trinajstić information content (AvgIpc) is 3.28. The SMILES string of the molecule is CCN(C(=O)CN[C@@H](C)c1ccco1)c1c(N)n(Cc2ccccc2)c(=O)[nH]c1=O. The Hall–Kier alpha value is -3.59. The Morgan fingerprint density at radius 2 is 1.97 bits per heavy atom. The topological polar surface area (TPSA) is 126 Å². The molecule has 0 saturated carbocycles. The Bertz CT molecular complexity index is 1100. The molecule has 2 aromatic heterocycles. The highest BCUT2D eigenvalue weighted by atomic mass is 16.3. The minimum absolute atomic E-state index is 0.0353. The minimum atomic E-state index is -0.698. The van der Waals surface area contributed by atoms with Gasteiger partial charge in [-0.1, -0.05) is 30.3 Å². The Morgan fingerprint density at radius 3 is 2.60 bits per heavy atom. The van der Waals surface area contributed by atoms with E-state index in [9.17, 15) is 14.4 Å². The summed E-state index contributed by atoms with van der Waals surface area (Å²) in [5.41, 5.74) is 5.67. The zero-order chi connectivity index (χ0) is 21.7. The lowest BCUT2D eigenvalue weighted by molar-refractivity contribution is -0.117. The third-order valence-electron chi connectivity index (χ3n) is 4.81. The van der Waals surface area contributed by atoms with Gasteiger partial charge in [-0.15, -0.1) is 0 Å². The van der Waals surface area contributed by atoms with Crippen LogP contribution in [0, 0.1) is 0 Å². The third kappa shape index (κ3) is 4.52. The normalized spacial score (nSPS) is 11.9. The van der Waals surface area contributed by atoms with Crippen molar-refractivity contribution in [3.8, 4) is 0 Å². The maximum absolute atomic E-state index is 12.8. The molecule has 0 spiro atoms. The standard InChI is InChI=1S/C21H25N5O4/c1-3-25(17(27)12-23-14(2)16-10-7-11-30-16)18-19(22)26(21(29)24-20(18)28)13-15-8-5-4-6-9-15/h4-11,14,23H,3,12-13,22H2,1-2H3,(H,24,28,29)/t14-/m0/s1. The van der Waals surface area contributed by atoms with Gasteiger partial charge in [0.25, 0.3) is 5.56 Å². The van der Waals surface area contributed by atoms with Crippen molar-refractivity contribution in [3.05, 3.63) is 80.9 Å². The number of benzene rings is 1. The number of carbonyl (C=O) groups is 1. The fourth-order valence-corrected chi connectivity index (χ4v) is 3.19. The Labute approximate surface area is 173 Å². The van der Waals surface area contributed by atoms with Gasteiger partial charge < -0.3 is 15.1 Å². The molecule has 1 atom stereocenters. The van der Waals surface area contributed by atoms with Crippen molar-refractivity contribution in [2.24, 2.45) is 0 Å². The van der Waals surface area contributed by atoms with E-state index in [0.29, 0.717) is 5.76 Å². The van der Waals surface area contributed by atoms with E-state index >= 15 is 0 Å². The van der Waals surface area contributed by atoms with Crippen LogP contribution in [-0.4, -0.2) is 28.5 Å². The maximum atomic E-state index is 12.8. The molecule has 1 aromatic carbocycles. The first kappa shape index (κ1) is 21.1. The number of likely N-dealkylation sites (N-methyl/N-ethyl adjacent to an activating group) is 1. The number of rotatable bonds is 8. The zero-order valence-corrected chi connectivity index (χ0v) is 16.9. The van der Waals surface area contributed by atoms with Crippen molar-refractivity contribution < 1.29 is 9.21 Å². The van der Waals surface area contributed by atoms with Crippen LogP contribution in [0.4, 0.5) is 11.5 Å². The van der Waals surface area contributed by atoms with Gasteiger partial charge in [0, 0.05) is 6.54 Å². The number of anilines is 2. The van der Waals surface area contributed by atoms with Crippen molar-refractivity contribution in [2.75, 3.05) is 23.7 Å². The maximum Gasteiger partial charge on any atom is 0.330 e. The van der Waals surface area contributed by atoms with Gasteiger partial charge in [-0.05, 0) is 31.5 Å². The van der Waals surface area contributed by atoms with Gasteiger partial charge in [-0.25, -0.2) is 4.79 Å². The number of aromatic nitrogens is 2. The molecule has 1 amide bonds. The van der Waals surface area contributed by atoms with Crippen LogP contribution in [0.5, 0.6) is 0 Å². The van der Waals surface area contributed by atoms with Crippen LogP contribution in [0.1, 0.15) is 31.2 Å². The summed E-state index contributed by atoms with van der Waals surface area (Å²) in [7, 11) is 0. The number of aromatic amines is 1. The second-order valence-corrected chi connectivity index (χ2v) is 6.82. The van der Waals surface area contributed by atoms with Crippen molar-refractivity contribution >= 4 is 17.4 Å². The smallest absolute Gasteiger partial charge is 0.330 e. The first-order chi connectivity index (χ1) is 14.4. The molecule has 0 bridgehead atoms. The van der Waals surface area contributed by atoms with Crippen LogP contribution in [0.3, 0.4) is 0 Å². The second-order valence-electron chi connectivity index (χ2n) is 6.82. The summed E-state index contributed by atoms with van der Waals surface area (Å²) >= 11 is 0. The van der Waals surface area contributed by atoms with Crippen molar-refractivity contribution in [1.82, 2.24) is 14.9 Å². The lowest BCUT2D eigenvalue weighted by Gasteiger charge is -2.24.